The molecule has 0 atom stereocenters. The number of benzene rings is 1. The molecule has 0 bridgehead atoms. The Labute approximate surface area is 148 Å². The summed E-state index contributed by atoms with van der Waals surface area (Å²) in [5.41, 5.74) is 0.116. The highest BCUT2D eigenvalue weighted by Crippen LogP contribution is 2.37. The molecule has 0 aliphatic carbocycles. The number of hydrogen-bond donors (Lipinski definition) is 1. The number of carbonyl (C=O) groups excluding carboxylic acids is 1. The van der Waals surface area contributed by atoms with Crippen LogP contribution in [0.5, 0.6) is 11.5 Å². The van der Waals surface area contributed by atoms with Crippen LogP contribution in [0.1, 0.15) is 9.67 Å². The number of esters is 1. The third-order valence-electron chi connectivity index (χ3n) is 3.01. The molecule has 1 aromatic carbocycles. The smallest absolute Gasteiger partial charge is 0.349 e. The molecule has 0 aliphatic heterocycles. The lowest BCUT2D eigenvalue weighted by molar-refractivity contribution is 0.0602. The molecule has 1 aromatic heterocycles. The summed E-state index contributed by atoms with van der Waals surface area (Å²) >= 11 is 7.00. The quantitative estimate of drug-likeness (QED) is 0.761. The Balaban J connectivity index is 2.46. The zero-order valence-corrected chi connectivity index (χ0v) is 15.3. The van der Waals surface area contributed by atoms with Crippen molar-refractivity contribution in [2.75, 3.05) is 26.1 Å². The van der Waals surface area contributed by atoms with Gasteiger partial charge in [0.2, 0.25) is 0 Å². The maximum absolute atomic E-state index is 12.6. The summed E-state index contributed by atoms with van der Waals surface area (Å²) in [5.74, 6) is -0.179. The summed E-state index contributed by atoms with van der Waals surface area (Å²) in [6.07, 6.45) is 0. The third kappa shape index (κ3) is 3.58. The number of halogens is 1. The lowest BCUT2D eigenvalue weighted by Gasteiger charge is -2.14. The monoisotopic (exact) mass is 391 g/mol. The molecule has 24 heavy (non-hydrogen) atoms. The van der Waals surface area contributed by atoms with Gasteiger partial charge in [-0.05, 0) is 17.5 Å². The Hall–Kier alpha value is -1.97. The Morgan fingerprint density at radius 2 is 1.83 bits per heavy atom. The lowest BCUT2D eigenvalue weighted by atomic mass is 10.3. The summed E-state index contributed by atoms with van der Waals surface area (Å²) in [5, 5.41) is 1.69. The number of sulfonamides is 1. The molecule has 10 heteroatoms. The average Bonchev–Trinajstić information content (AvgIpc) is 3.04. The van der Waals surface area contributed by atoms with Crippen LogP contribution in [0.25, 0.3) is 0 Å². The number of ether oxygens (including phenoxy) is 3. The van der Waals surface area contributed by atoms with Gasteiger partial charge in [0.15, 0.2) is 0 Å². The molecule has 130 valence electrons. The van der Waals surface area contributed by atoms with Gasteiger partial charge >= 0.3 is 5.97 Å². The Bertz CT molecular complexity index is 862. The molecule has 0 saturated carbocycles. The number of anilines is 1. The number of methoxy groups -OCH3 is 3. The van der Waals surface area contributed by atoms with E-state index in [9.17, 15) is 13.2 Å². The van der Waals surface area contributed by atoms with Crippen molar-refractivity contribution in [2.24, 2.45) is 0 Å². The highest BCUT2D eigenvalue weighted by atomic mass is 35.5. The molecule has 0 saturated heterocycles. The first-order chi connectivity index (χ1) is 11.3. The van der Waals surface area contributed by atoms with Crippen LogP contribution in [0.3, 0.4) is 0 Å². The summed E-state index contributed by atoms with van der Waals surface area (Å²) in [4.78, 5) is 11.5. The molecule has 0 radical (unpaired) electrons. The normalized spacial score (nSPS) is 11.0. The van der Waals surface area contributed by atoms with Crippen LogP contribution in [0, 0.1) is 0 Å². The molecule has 1 heterocycles. The third-order valence-corrected chi connectivity index (χ3v) is 5.73. The number of thiophene rings is 1. The standard InChI is InChI=1S/C14H14ClNO6S2/c1-20-10-7-11(21-2)9(6-8(10)15)16-24(18,19)12-4-5-23-13(12)14(17)22-3/h4-7,16H,1-3H3. The predicted octanol–water partition coefficient (Wildman–Crippen LogP) is 3.01. The largest absolute Gasteiger partial charge is 0.495 e. The molecule has 0 unspecified atom stereocenters. The van der Waals surface area contributed by atoms with Crippen molar-refractivity contribution in [1.82, 2.24) is 0 Å². The van der Waals surface area contributed by atoms with Crippen LogP contribution in [-0.2, 0) is 14.8 Å². The van der Waals surface area contributed by atoms with E-state index in [0.717, 1.165) is 11.3 Å². The molecule has 0 spiro atoms. The minimum atomic E-state index is -4.04. The number of rotatable bonds is 6. The molecule has 2 aromatic rings. The van der Waals surface area contributed by atoms with Gasteiger partial charge in [0.25, 0.3) is 10.0 Å². The minimum absolute atomic E-state index is 0.0245. The topological polar surface area (TPSA) is 90.9 Å². The summed E-state index contributed by atoms with van der Waals surface area (Å²) in [6, 6.07) is 4.13. The van der Waals surface area contributed by atoms with E-state index in [4.69, 9.17) is 21.1 Å². The zero-order valence-electron chi connectivity index (χ0n) is 13.0. The van der Waals surface area contributed by atoms with Crippen LogP contribution in [0.15, 0.2) is 28.5 Å². The first-order valence-electron chi connectivity index (χ1n) is 6.44. The van der Waals surface area contributed by atoms with Gasteiger partial charge in [0.1, 0.15) is 21.3 Å². The van der Waals surface area contributed by atoms with Crippen LogP contribution in [-0.4, -0.2) is 35.7 Å². The lowest BCUT2D eigenvalue weighted by Crippen LogP contribution is -2.16. The molecule has 7 nitrogen and oxygen atoms in total. The van der Waals surface area contributed by atoms with E-state index in [2.05, 4.69) is 9.46 Å². The van der Waals surface area contributed by atoms with Gasteiger partial charge in [-0.1, -0.05) is 11.6 Å². The number of hydrogen-bond acceptors (Lipinski definition) is 7. The van der Waals surface area contributed by atoms with Crippen molar-refractivity contribution in [3.63, 3.8) is 0 Å². The molecule has 0 amide bonds. The van der Waals surface area contributed by atoms with Gasteiger partial charge in [-0.25, -0.2) is 13.2 Å². The van der Waals surface area contributed by atoms with Gasteiger partial charge in [0.05, 0.1) is 32.0 Å². The highest BCUT2D eigenvalue weighted by molar-refractivity contribution is 7.93. The molecule has 1 N–H and O–H groups in total. The summed E-state index contributed by atoms with van der Waals surface area (Å²) in [7, 11) is -0.0569. The van der Waals surface area contributed by atoms with E-state index < -0.39 is 16.0 Å². The second-order valence-electron chi connectivity index (χ2n) is 4.40. The van der Waals surface area contributed by atoms with Gasteiger partial charge in [-0.15, -0.1) is 11.3 Å². The molecule has 0 aliphatic rings. The summed E-state index contributed by atoms with van der Waals surface area (Å²) in [6.45, 7) is 0. The Morgan fingerprint density at radius 1 is 1.17 bits per heavy atom. The fraction of sp³-hybridized carbons (Fsp3) is 0.214. The van der Waals surface area contributed by atoms with E-state index in [1.54, 1.807) is 0 Å². The van der Waals surface area contributed by atoms with Crippen LogP contribution in [0.4, 0.5) is 5.69 Å². The maximum atomic E-state index is 12.6. The highest BCUT2D eigenvalue weighted by Gasteiger charge is 2.26. The molecular weight excluding hydrogens is 378 g/mol. The van der Waals surface area contributed by atoms with Crippen LogP contribution >= 0.6 is 22.9 Å². The minimum Gasteiger partial charge on any atom is -0.495 e. The van der Waals surface area contributed by atoms with Gasteiger partial charge in [-0.3, -0.25) is 4.72 Å². The number of carbonyl (C=O) groups is 1. The fourth-order valence-corrected chi connectivity index (χ4v) is 4.53. The Kier molecular flexibility index (Phi) is 5.58. The van der Waals surface area contributed by atoms with Gasteiger partial charge in [0, 0.05) is 6.07 Å². The fourth-order valence-electron chi connectivity index (χ4n) is 1.89. The number of nitrogens with one attached hydrogen (secondary N) is 1. The average molecular weight is 392 g/mol. The molecule has 2 rings (SSSR count). The van der Waals surface area contributed by atoms with E-state index in [0.29, 0.717) is 5.75 Å². The van der Waals surface area contributed by atoms with E-state index >= 15 is 0 Å². The molecule has 0 fully saturated rings. The second kappa shape index (κ2) is 7.29. The van der Waals surface area contributed by atoms with Crippen molar-refractivity contribution in [3.05, 3.63) is 33.5 Å². The second-order valence-corrected chi connectivity index (χ2v) is 7.37. The van der Waals surface area contributed by atoms with E-state index in [-0.39, 0.29) is 26.2 Å². The SMILES string of the molecule is COC(=O)c1sccc1S(=O)(=O)Nc1cc(Cl)c(OC)cc1OC. The van der Waals surface area contributed by atoms with E-state index in [1.165, 1.54) is 44.9 Å². The van der Waals surface area contributed by atoms with Crippen molar-refractivity contribution >= 4 is 44.6 Å². The van der Waals surface area contributed by atoms with Crippen LogP contribution in [0.2, 0.25) is 5.02 Å². The van der Waals surface area contributed by atoms with Crippen LogP contribution < -0.4 is 14.2 Å². The van der Waals surface area contributed by atoms with Gasteiger partial charge in [-0.2, -0.15) is 0 Å². The maximum Gasteiger partial charge on any atom is 0.349 e. The van der Waals surface area contributed by atoms with Crippen molar-refractivity contribution < 1.29 is 27.4 Å². The first-order valence-corrected chi connectivity index (χ1v) is 9.18. The summed E-state index contributed by atoms with van der Waals surface area (Å²) < 4.78 is 42.4. The Morgan fingerprint density at radius 3 is 2.42 bits per heavy atom. The van der Waals surface area contributed by atoms with E-state index in [1.807, 2.05) is 0 Å². The zero-order chi connectivity index (χ0) is 17.9. The molecular formula is C14H14ClNO6S2. The first kappa shape index (κ1) is 18.4. The van der Waals surface area contributed by atoms with Crippen molar-refractivity contribution in [3.8, 4) is 11.5 Å². The predicted molar refractivity (Wildman–Crippen MR) is 91.0 cm³/mol. The van der Waals surface area contributed by atoms with Gasteiger partial charge < -0.3 is 14.2 Å². The van der Waals surface area contributed by atoms with Crippen molar-refractivity contribution in [1.29, 1.82) is 0 Å². The van der Waals surface area contributed by atoms with Crippen molar-refractivity contribution in [2.45, 2.75) is 4.90 Å².